The van der Waals surface area contributed by atoms with Crippen molar-refractivity contribution in [3.63, 3.8) is 0 Å². The number of hydrogen-bond acceptors (Lipinski definition) is 6. The normalized spacial score (nSPS) is 13.2. The molecule has 0 fully saturated rings. The van der Waals surface area contributed by atoms with E-state index in [1.807, 2.05) is 13.0 Å². The molecule has 36 heavy (non-hydrogen) atoms. The minimum atomic E-state index is -4.61. The molecule has 0 N–H and O–H groups in total. The second-order valence-corrected chi connectivity index (χ2v) is 8.20. The summed E-state index contributed by atoms with van der Waals surface area (Å²) in [6.45, 7) is 5.07. The van der Waals surface area contributed by atoms with Crippen molar-refractivity contribution >= 4 is 17.5 Å². The number of hydroxylamine groups is 1. The van der Waals surface area contributed by atoms with Gasteiger partial charge >= 0.3 is 6.18 Å². The lowest BCUT2D eigenvalue weighted by atomic mass is 10.1. The van der Waals surface area contributed by atoms with Crippen molar-refractivity contribution in [2.45, 2.75) is 45.8 Å². The molecule has 0 aliphatic carbocycles. The van der Waals surface area contributed by atoms with E-state index in [1.54, 1.807) is 37.3 Å². The predicted octanol–water partition coefficient (Wildman–Crippen LogP) is 6.10. The van der Waals surface area contributed by atoms with Crippen LogP contribution in [0.1, 0.15) is 50.4 Å². The summed E-state index contributed by atoms with van der Waals surface area (Å²) in [7, 11) is 0. The molecule has 188 valence electrons. The molecule has 1 unspecified atom stereocenters. The van der Waals surface area contributed by atoms with Crippen LogP contribution in [0.5, 0.6) is 0 Å². The second-order valence-electron chi connectivity index (χ2n) is 8.20. The van der Waals surface area contributed by atoms with Crippen molar-refractivity contribution < 1.29 is 18.0 Å². The van der Waals surface area contributed by atoms with Gasteiger partial charge in [-0.05, 0) is 68.8 Å². The number of nitriles is 1. The third-order valence-electron chi connectivity index (χ3n) is 5.68. The number of rotatable bonds is 9. The van der Waals surface area contributed by atoms with E-state index in [9.17, 15) is 23.2 Å². The molecule has 0 aliphatic heterocycles. The first-order valence-electron chi connectivity index (χ1n) is 11.3. The van der Waals surface area contributed by atoms with Crippen molar-refractivity contribution in [3.05, 3.63) is 88.5 Å². The number of benzene rings is 2. The molecule has 0 amide bonds. The maximum Gasteiger partial charge on any atom is 0.416 e. The molecule has 3 rings (SSSR count). The number of allylic oxidation sites excluding steroid dienone is 2. The van der Waals surface area contributed by atoms with Crippen molar-refractivity contribution in [1.82, 2.24) is 15.0 Å². The Morgan fingerprint density at radius 2 is 1.92 bits per heavy atom. The van der Waals surface area contributed by atoms with Crippen LogP contribution >= 0.6 is 0 Å². The molecule has 1 heterocycles. The zero-order chi connectivity index (χ0) is 26.5. The molecular formula is C26H25F3N5O2-. The first kappa shape index (κ1) is 26.7. The maximum absolute atomic E-state index is 13.4. The highest BCUT2D eigenvalue weighted by molar-refractivity contribution is 6.08. The van der Waals surface area contributed by atoms with E-state index >= 15 is 0 Å². The highest BCUT2D eigenvalue weighted by Crippen LogP contribution is 2.35. The number of hydrazine groups is 1. The molecule has 2 aromatic carbocycles. The Morgan fingerprint density at radius 3 is 2.50 bits per heavy atom. The van der Waals surface area contributed by atoms with Crippen LogP contribution in [0, 0.1) is 16.5 Å². The largest absolute Gasteiger partial charge is 0.767 e. The Kier molecular flexibility index (Phi) is 8.29. The standard InChI is InChI=1S/C26H25F3N5O2/c1-4-6-18(2)34(36)33(23-8-5-7-21(15-23)26(27,28)29)19(3)24(17-35)25-13-14-31-32(25)22-11-9-20(16-30)10-12-22/h5,7-15,17-18H,4,6H2,1-3H3/q-1/b24-19+. The molecule has 1 aromatic heterocycles. The van der Waals surface area contributed by atoms with Gasteiger partial charge in [-0.2, -0.15) is 23.5 Å². The summed E-state index contributed by atoms with van der Waals surface area (Å²) in [4.78, 5) is 12.3. The third-order valence-corrected chi connectivity index (χ3v) is 5.68. The summed E-state index contributed by atoms with van der Waals surface area (Å²) >= 11 is 0. The Bertz CT molecular complexity index is 1280. The lowest BCUT2D eigenvalue weighted by molar-refractivity contribution is -0.137. The maximum atomic E-state index is 13.4. The van der Waals surface area contributed by atoms with Crippen LogP contribution in [0.15, 0.2) is 66.5 Å². The molecule has 0 radical (unpaired) electrons. The number of anilines is 1. The van der Waals surface area contributed by atoms with E-state index in [1.165, 1.54) is 29.9 Å². The van der Waals surface area contributed by atoms with Crippen molar-refractivity contribution in [2.75, 3.05) is 5.01 Å². The Balaban J connectivity index is 2.19. The van der Waals surface area contributed by atoms with Gasteiger partial charge in [-0.1, -0.05) is 19.4 Å². The first-order chi connectivity index (χ1) is 17.1. The zero-order valence-corrected chi connectivity index (χ0v) is 20.0. The van der Waals surface area contributed by atoms with E-state index in [-0.39, 0.29) is 17.0 Å². The first-order valence-corrected chi connectivity index (χ1v) is 11.3. The van der Waals surface area contributed by atoms with Gasteiger partial charge in [0.25, 0.3) is 0 Å². The molecule has 1 atom stereocenters. The zero-order valence-electron chi connectivity index (χ0n) is 20.0. The van der Waals surface area contributed by atoms with Gasteiger partial charge in [-0.25, -0.2) is 4.68 Å². The lowest BCUT2D eigenvalue weighted by Gasteiger charge is -2.46. The fraction of sp³-hybridized carbons (Fsp3) is 0.269. The molecule has 10 heteroatoms. The fourth-order valence-electron chi connectivity index (χ4n) is 3.83. The smallest absolute Gasteiger partial charge is 0.416 e. The summed E-state index contributed by atoms with van der Waals surface area (Å²) in [5.41, 5.74) is 0.605. The number of aldehydes is 1. The number of hydrogen-bond donors (Lipinski definition) is 0. The number of halogens is 3. The van der Waals surface area contributed by atoms with Crippen LogP contribution in [-0.4, -0.2) is 27.3 Å². The average Bonchev–Trinajstić information content (AvgIpc) is 3.34. The Hall–Kier alpha value is -3.94. The van der Waals surface area contributed by atoms with E-state index in [0.29, 0.717) is 41.2 Å². The number of carbonyl (C=O) groups excluding carboxylic acids is 1. The topological polar surface area (TPSA) is 88.2 Å². The number of aromatic nitrogens is 2. The molecule has 0 spiro atoms. The van der Waals surface area contributed by atoms with Crippen molar-refractivity contribution in [2.24, 2.45) is 0 Å². The van der Waals surface area contributed by atoms with Crippen LogP contribution in [0.3, 0.4) is 0 Å². The van der Waals surface area contributed by atoms with E-state index < -0.39 is 17.8 Å². The second kappa shape index (κ2) is 11.2. The fourth-order valence-corrected chi connectivity index (χ4v) is 3.83. The molecule has 0 bridgehead atoms. The van der Waals surface area contributed by atoms with Crippen molar-refractivity contribution in [1.29, 1.82) is 5.26 Å². The Morgan fingerprint density at radius 1 is 1.22 bits per heavy atom. The van der Waals surface area contributed by atoms with Gasteiger partial charge in [0, 0.05) is 11.7 Å². The van der Waals surface area contributed by atoms with Gasteiger partial charge < -0.3 is 5.21 Å². The minimum Gasteiger partial charge on any atom is -0.767 e. The molecule has 0 saturated carbocycles. The lowest BCUT2D eigenvalue weighted by Crippen LogP contribution is -2.43. The van der Waals surface area contributed by atoms with Gasteiger partial charge in [-0.15, -0.1) is 0 Å². The van der Waals surface area contributed by atoms with E-state index in [2.05, 4.69) is 5.10 Å². The van der Waals surface area contributed by atoms with Crippen molar-refractivity contribution in [3.8, 4) is 11.8 Å². The SMILES string of the molecule is CCCC(C)N([O-])N(/C(C)=C(\C=O)c1ccnn1-c1ccc(C#N)cc1)c1cccc(C(F)(F)F)c1. The summed E-state index contributed by atoms with van der Waals surface area (Å²) in [5, 5.41) is 28.4. The van der Waals surface area contributed by atoms with E-state index in [0.717, 1.165) is 17.1 Å². The molecule has 7 nitrogen and oxygen atoms in total. The number of nitrogens with zero attached hydrogens (tertiary/aromatic N) is 5. The highest BCUT2D eigenvalue weighted by Gasteiger charge is 2.31. The monoisotopic (exact) mass is 496 g/mol. The van der Waals surface area contributed by atoms with E-state index in [4.69, 9.17) is 5.26 Å². The van der Waals surface area contributed by atoms with Crippen LogP contribution in [0.25, 0.3) is 11.3 Å². The third kappa shape index (κ3) is 5.64. The predicted molar refractivity (Wildman–Crippen MR) is 130 cm³/mol. The number of carbonyl (C=O) groups is 1. The van der Waals surface area contributed by atoms with Gasteiger partial charge in [0.2, 0.25) is 0 Å². The molecular weight excluding hydrogens is 471 g/mol. The van der Waals surface area contributed by atoms with Gasteiger partial charge in [0.1, 0.15) is 0 Å². The number of alkyl halides is 3. The highest BCUT2D eigenvalue weighted by atomic mass is 19.4. The summed E-state index contributed by atoms with van der Waals surface area (Å²) in [5.74, 6) is 0. The molecule has 0 aliphatic rings. The summed E-state index contributed by atoms with van der Waals surface area (Å²) in [6, 6.07) is 13.9. The minimum absolute atomic E-state index is 0.0240. The van der Waals surface area contributed by atoms with Gasteiger partial charge in [0.15, 0.2) is 6.29 Å². The average molecular weight is 497 g/mol. The Labute approximate surface area is 207 Å². The van der Waals surface area contributed by atoms with Crippen LogP contribution in [0.2, 0.25) is 0 Å². The molecule has 3 aromatic rings. The van der Waals surface area contributed by atoms with Gasteiger partial charge in [0.05, 0.1) is 46.0 Å². The summed E-state index contributed by atoms with van der Waals surface area (Å²) < 4.78 is 41.8. The van der Waals surface area contributed by atoms with Crippen LogP contribution in [0.4, 0.5) is 18.9 Å². The van der Waals surface area contributed by atoms with Crippen LogP contribution in [-0.2, 0) is 11.0 Å². The molecule has 0 saturated heterocycles. The van der Waals surface area contributed by atoms with Gasteiger partial charge in [-0.3, -0.25) is 15.0 Å². The van der Waals surface area contributed by atoms with Crippen LogP contribution < -0.4 is 5.01 Å². The quantitative estimate of drug-likeness (QED) is 0.202. The summed E-state index contributed by atoms with van der Waals surface area (Å²) in [6.07, 6.45) is -1.42.